The molecular formula is C46H29NS2. The quantitative estimate of drug-likeness (QED) is 0.178. The fourth-order valence-corrected chi connectivity index (χ4v) is 9.74. The van der Waals surface area contributed by atoms with Gasteiger partial charge in [0.2, 0.25) is 0 Å². The molecule has 0 atom stereocenters. The molecule has 0 N–H and O–H groups in total. The van der Waals surface area contributed by atoms with Crippen molar-refractivity contribution in [2.45, 2.75) is 0 Å². The van der Waals surface area contributed by atoms with E-state index in [1.54, 1.807) is 0 Å². The first-order valence-electron chi connectivity index (χ1n) is 16.6. The first kappa shape index (κ1) is 28.3. The average molecular weight is 660 g/mol. The molecule has 3 heteroatoms. The maximum absolute atomic E-state index is 2.39. The molecule has 10 aromatic rings. The van der Waals surface area contributed by atoms with E-state index in [-0.39, 0.29) is 0 Å². The van der Waals surface area contributed by atoms with Crippen molar-refractivity contribution in [3.05, 3.63) is 176 Å². The number of nitrogens with zero attached hydrogens (tertiary/aromatic N) is 1. The number of benzene rings is 8. The molecule has 0 radical (unpaired) electrons. The van der Waals surface area contributed by atoms with Crippen LogP contribution in [0.4, 0.5) is 17.1 Å². The summed E-state index contributed by atoms with van der Waals surface area (Å²) in [6.07, 6.45) is 0. The predicted molar refractivity (Wildman–Crippen MR) is 215 cm³/mol. The van der Waals surface area contributed by atoms with Crippen LogP contribution in [0.5, 0.6) is 0 Å². The summed E-state index contributed by atoms with van der Waals surface area (Å²) < 4.78 is 5.34. The van der Waals surface area contributed by atoms with Gasteiger partial charge in [-0.05, 0) is 76.2 Å². The van der Waals surface area contributed by atoms with Gasteiger partial charge in [-0.15, -0.1) is 22.7 Å². The molecule has 0 amide bonds. The molecule has 0 fully saturated rings. The summed E-state index contributed by atoms with van der Waals surface area (Å²) in [7, 11) is 0. The summed E-state index contributed by atoms with van der Waals surface area (Å²) in [5, 5.41) is 7.85. The van der Waals surface area contributed by atoms with Crippen LogP contribution in [0, 0.1) is 0 Å². The minimum Gasteiger partial charge on any atom is -0.310 e. The van der Waals surface area contributed by atoms with Gasteiger partial charge in [0.15, 0.2) is 0 Å². The van der Waals surface area contributed by atoms with Gasteiger partial charge in [-0.2, -0.15) is 0 Å². The average Bonchev–Trinajstić information content (AvgIpc) is 3.75. The summed E-state index contributed by atoms with van der Waals surface area (Å²) >= 11 is 3.77. The Hall–Kier alpha value is -5.74. The Morgan fingerprint density at radius 1 is 0.327 bits per heavy atom. The van der Waals surface area contributed by atoms with Crippen molar-refractivity contribution in [3.63, 3.8) is 0 Å². The molecule has 0 aliphatic heterocycles. The second-order valence-corrected chi connectivity index (χ2v) is 14.6. The molecule has 0 bridgehead atoms. The van der Waals surface area contributed by atoms with Crippen molar-refractivity contribution in [2.24, 2.45) is 0 Å². The van der Waals surface area contributed by atoms with E-state index in [9.17, 15) is 0 Å². The van der Waals surface area contributed by atoms with Gasteiger partial charge in [0, 0.05) is 62.8 Å². The van der Waals surface area contributed by atoms with Crippen LogP contribution in [0.15, 0.2) is 176 Å². The monoisotopic (exact) mass is 659 g/mol. The molecule has 0 aliphatic carbocycles. The van der Waals surface area contributed by atoms with Crippen LogP contribution >= 0.6 is 22.7 Å². The van der Waals surface area contributed by atoms with E-state index in [2.05, 4.69) is 181 Å². The lowest BCUT2D eigenvalue weighted by atomic mass is 10.0. The molecule has 8 aromatic carbocycles. The predicted octanol–water partition coefficient (Wildman–Crippen LogP) is 14.4. The molecule has 230 valence electrons. The first-order chi connectivity index (χ1) is 24.3. The van der Waals surface area contributed by atoms with Gasteiger partial charge in [0.25, 0.3) is 0 Å². The van der Waals surface area contributed by atoms with Gasteiger partial charge in [0.05, 0.1) is 0 Å². The molecule has 0 unspecified atom stereocenters. The van der Waals surface area contributed by atoms with Gasteiger partial charge in [-0.25, -0.2) is 0 Å². The summed E-state index contributed by atoms with van der Waals surface area (Å²) in [4.78, 5) is 2.39. The van der Waals surface area contributed by atoms with Gasteiger partial charge < -0.3 is 4.90 Å². The largest absolute Gasteiger partial charge is 0.310 e. The van der Waals surface area contributed by atoms with Crippen LogP contribution in [0.3, 0.4) is 0 Å². The van der Waals surface area contributed by atoms with E-state index in [0.29, 0.717) is 0 Å². The number of fused-ring (bicyclic) bond motifs is 8. The minimum absolute atomic E-state index is 1.13. The highest BCUT2D eigenvalue weighted by atomic mass is 32.1. The number of hydrogen-bond acceptors (Lipinski definition) is 3. The van der Waals surface area contributed by atoms with Crippen LogP contribution < -0.4 is 4.90 Å². The van der Waals surface area contributed by atoms with Crippen LogP contribution in [0.1, 0.15) is 0 Å². The fourth-order valence-electron chi connectivity index (χ4n) is 7.27. The summed E-state index contributed by atoms with van der Waals surface area (Å²) in [6.45, 7) is 0. The standard InChI is InChI=1S/C46H29NS2/c1-2-9-30(10-3-1)31-17-23-34(24-18-31)47(36-27-21-33-22-28-41-39-12-5-7-16-44(39)49-46(41)42(33)29-36)35-25-19-32(20-26-35)37-13-8-14-40-38-11-4-6-15-43(38)48-45(37)40/h1-29H. The van der Waals surface area contributed by atoms with Crippen molar-refractivity contribution in [1.29, 1.82) is 0 Å². The van der Waals surface area contributed by atoms with Crippen LogP contribution in [-0.2, 0) is 0 Å². The second kappa shape index (κ2) is 11.5. The van der Waals surface area contributed by atoms with Gasteiger partial charge in [-0.1, -0.05) is 127 Å². The molecule has 0 aliphatic rings. The highest BCUT2D eigenvalue weighted by Crippen LogP contribution is 2.44. The molecule has 49 heavy (non-hydrogen) atoms. The van der Waals surface area contributed by atoms with Crippen molar-refractivity contribution in [3.8, 4) is 22.3 Å². The number of anilines is 3. The molecule has 0 spiro atoms. The Kier molecular flexibility index (Phi) is 6.61. The third kappa shape index (κ3) is 4.74. The van der Waals surface area contributed by atoms with E-state index in [1.807, 2.05) is 22.7 Å². The second-order valence-electron chi connectivity index (χ2n) is 12.5. The smallest absolute Gasteiger partial charge is 0.0468 e. The molecule has 0 saturated heterocycles. The van der Waals surface area contributed by atoms with Crippen molar-refractivity contribution in [1.82, 2.24) is 0 Å². The van der Waals surface area contributed by atoms with E-state index in [1.165, 1.54) is 73.4 Å². The zero-order valence-electron chi connectivity index (χ0n) is 26.5. The normalized spacial score (nSPS) is 11.7. The third-order valence-corrected chi connectivity index (χ3v) is 12.1. The Balaban J connectivity index is 1.12. The SMILES string of the molecule is c1ccc(-c2ccc(N(c3ccc(-c4cccc5c4sc4ccccc45)cc3)c3ccc4ccc5c6ccccc6sc5c4c3)cc2)cc1. The van der Waals surface area contributed by atoms with Crippen LogP contribution in [0.2, 0.25) is 0 Å². The molecule has 0 saturated carbocycles. The highest BCUT2D eigenvalue weighted by molar-refractivity contribution is 7.27. The molecule has 2 heterocycles. The molecule has 10 rings (SSSR count). The molecule has 1 nitrogen and oxygen atoms in total. The first-order valence-corrected chi connectivity index (χ1v) is 18.2. The Labute approximate surface area is 292 Å². The number of thiophene rings is 2. The van der Waals surface area contributed by atoms with Crippen molar-refractivity contribution in [2.75, 3.05) is 4.90 Å². The third-order valence-electron chi connectivity index (χ3n) is 9.68. The van der Waals surface area contributed by atoms with E-state index < -0.39 is 0 Å². The lowest BCUT2D eigenvalue weighted by Crippen LogP contribution is -2.09. The Morgan fingerprint density at radius 2 is 0.857 bits per heavy atom. The zero-order valence-corrected chi connectivity index (χ0v) is 28.1. The number of hydrogen-bond donors (Lipinski definition) is 0. The lowest BCUT2D eigenvalue weighted by molar-refractivity contribution is 1.29. The van der Waals surface area contributed by atoms with E-state index in [0.717, 1.165) is 17.1 Å². The zero-order chi connectivity index (χ0) is 32.3. The minimum atomic E-state index is 1.13. The molecule has 2 aromatic heterocycles. The summed E-state index contributed by atoms with van der Waals surface area (Å²) in [5.41, 5.74) is 8.33. The van der Waals surface area contributed by atoms with E-state index >= 15 is 0 Å². The van der Waals surface area contributed by atoms with Gasteiger partial charge in [0.1, 0.15) is 0 Å². The lowest BCUT2D eigenvalue weighted by Gasteiger charge is -2.26. The summed E-state index contributed by atoms with van der Waals surface area (Å²) in [5.74, 6) is 0. The number of rotatable bonds is 5. The Morgan fingerprint density at radius 3 is 1.57 bits per heavy atom. The van der Waals surface area contributed by atoms with Crippen molar-refractivity contribution >= 4 is 90.9 Å². The van der Waals surface area contributed by atoms with Crippen LogP contribution in [0.25, 0.3) is 73.4 Å². The molecular weight excluding hydrogens is 631 g/mol. The maximum atomic E-state index is 2.39. The van der Waals surface area contributed by atoms with Gasteiger partial charge >= 0.3 is 0 Å². The fraction of sp³-hybridized carbons (Fsp3) is 0. The topological polar surface area (TPSA) is 3.24 Å². The van der Waals surface area contributed by atoms with Crippen molar-refractivity contribution < 1.29 is 0 Å². The van der Waals surface area contributed by atoms with Crippen LogP contribution in [-0.4, -0.2) is 0 Å². The Bertz CT molecular complexity index is 2810. The summed E-state index contributed by atoms with van der Waals surface area (Å²) in [6, 6.07) is 64.3. The van der Waals surface area contributed by atoms with Gasteiger partial charge in [-0.3, -0.25) is 0 Å². The van der Waals surface area contributed by atoms with E-state index in [4.69, 9.17) is 0 Å². The maximum Gasteiger partial charge on any atom is 0.0468 e. The highest BCUT2D eigenvalue weighted by Gasteiger charge is 2.17.